The molecule has 0 fully saturated rings. The van der Waals surface area contributed by atoms with Crippen molar-refractivity contribution in [1.82, 2.24) is 10.2 Å². The molecule has 1 atom stereocenters. The van der Waals surface area contributed by atoms with Gasteiger partial charge < -0.3 is 20.4 Å². The molecule has 0 aliphatic carbocycles. The Morgan fingerprint density at radius 3 is 2.35 bits per heavy atom. The number of nitrogens with zero attached hydrogens (tertiary/aromatic N) is 1. The first-order chi connectivity index (χ1) is 10.8. The van der Waals surface area contributed by atoms with E-state index in [1.165, 1.54) is 4.90 Å². The second kappa shape index (κ2) is 9.26. The summed E-state index contributed by atoms with van der Waals surface area (Å²) in [6.45, 7) is 0.225. The van der Waals surface area contributed by atoms with E-state index in [4.69, 9.17) is 0 Å². The molecule has 23 heavy (non-hydrogen) atoms. The van der Waals surface area contributed by atoms with Crippen LogP contribution in [0.25, 0.3) is 0 Å². The van der Waals surface area contributed by atoms with Crippen LogP contribution in [0.3, 0.4) is 0 Å². The number of carbonyl (C=O) groups is 3. The fourth-order valence-corrected chi connectivity index (χ4v) is 2.15. The third-order valence-electron chi connectivity index (χ3n) is 3.01. The molecule has 0 saturated carbocycles. The summed E-state index contributed by atoms with van der Waals surface area (Å²) in [6, 6.07) is 7.31. The van der Waals surface area contributed by atoms with Gasteiger partial charge in [-0.3, -0.25) is 14.4 Å². The van der Waals surface area contributed by atoms with Crippen molar-refractivity contribution in [1.29, 1.82) is 0 Å². The van der Waals surface area contributed by atoms with Crippen molar-refractivity contribution in [3.05, 3.63) is 28.7 Å². The molecule has 1 aromatic carbocycles. The van der Waals surface area contributed by atoms with Gasteiger partial charge in [-0.15, -0.1) is 0 Å². The third kappa shape index (κ3) is 7.25. The Labute approximate surface area is 144 Å². The van der Waals surface area contributed by atoms with E-state index in [0.29, 0.717) is 5.69 Å². The Kier molecular flexibility index (Phi) is 7.70. The minimum atomic E-state index is -0.272. The zero-order chi connectivity index (χ0) is 17.4. The average Bonchev–Trinajstić information content (AvgIpc) is 2.46. The molecule has 0 aromatic heterocycles. The number of benzene rings is 1. The quantitative estimate of drug-likeness (QED) is 0.569. The van der Waals surface area contributed by atoms with Crippen LogP contribution in [0.4, 0.5) is 5.69 Å². The Balaban J connectivity index is 2.36. The van der Waals surface area contributed by atoms with E-state index in [-0.39, 0.29) is 37.4 Å². The average molecular weight is 386 g/mol. The summed E-state index contributed by atoms with van der Waals surface area (Å²) >= 11 is 3.36. The maximum Gasteiger partial charge on any atom is 0.279 e. The molecular weight excluding hydrogens is 364 g/mol. The van der Waals surface area contributed by atoms with Gasteiger partial charge in [0, 0.05) is 18.6 Å². The monoisotopic (exact) mass is 385 g/mol. The molecule has 7 nitrogen and oxygen atoms in total. The van der Waals surface area contributed by atoms with Crippen LogP contribution in [-0.4, -0.2) is 63.4 Å². The molecular formula is C15H22BrN4O3+. The summed E-state index contributed by atoms with van der Waals surface area (Å²) in [6.07, 6.45) is 0. The molecule has 3 N–H and O–H groups in total. The highest BCUT2D eigenvalue weighted by Crippen LogP contribution is 2.20. The lowest BCUT2D eigenvalue weighted by atomic mass is 10.3. The first kappa shape index (κ1) is 19.1. The lowest BCUT2D eigenvalue weighted by molar-refractivity contribution is -0.862. The summed E-state index contributed by atoms with van der Waals surface area (Å²) in [7, 11) is 4.99. The molecule has 3 amide bonds. The maximum atomic E-state index is 12.0. The molecule has 8 heteroatoms. The van der Waals surface area contributed by atoms with Gasteiger partial charge in [-0.25, -0.2) is 0 Å². The number of carbonyl (C=O) groups excluding carboxylic acids is 3. The second-order valence-corrected chi connectivity index (χ2v) is 6.26. The SMILES string of the molecule is CN(C)C(=O)CNC(=O)C[NH+](C)CC(=O)Nc1ccccc1Br. The fraction of sp³-hybridized carbons (Fsp3) is 0.400. The Bertz CT molecular complexity index is 578. The topological polar surface area (TPSA) is 83.0 Å². The first-order valence-corrected chi connectivity index (χ1v) is 7.91. The number of hydrogen-bond donors (Lipinski definition) is 3. The molecule has 1 unspecified atom stereocenters. The van der Waals surface area contributed by atoms with Gasteiger partial charge in [0.25, 0.3) is 11.8 Å². The lowest BCUT2D eigenvalue weighted by Crippen LogP contribution is -3.11. The second-order valence-electron chi connectivity index (χ2n) is 5.40. The minimum Gasteiger partial charge on any atom is -0.347 e. The number of quaternary nitrogens is 1. The van der Waals surface area contributed by atoms with Gasteiger partial charge >= 0.3 is 0 Å². The van der Waals surface area contributed by atoms with Crippen LogP contribution in [0, 0.1) is 0 Å². The fourth-order valence-electron chi connectivity index (χ4n) is 1.76. The largest absolute Gasteiger partial charge is 0.347 e. The summed E-state index contributed by atoms with van der Waals surface area (Å²) in [5, 5.41) is 5.32. The van der Waals surface area contributed by atoms with Crippen LogP contribution in [0.2, 0.25) is 0 Å². The molecule has 0 saturated heterocycles. The van der Waals surface area contributed by atoms with Crippen LogP contribution in [0.1, 0.15) is 0 Å². The minimum absolute atomic E-state index is 0.0394. The smallest absolute Gasteiger partial charge is 0.279 e. The number of para-hydroxylation sites is 1. The van der Waals surface area contributed by atoms with Crippen molar-refractivity contribution in [2.24, 2.45) is 0 Å². The molecule has 126 valence electrons. The van der Waals surface area contributed by atoms with Crippen LogP contribution in [0.15, 0.2) is 28.7 Å². The normalized spacial score (nSPS) is 11.5. The van der Waals surface area contributed by atoms with E-state index in [1.807, 2.05) is 18.2 Å². The highest BCUT2D eigenvalue weighted by atomic mass is 79.9. The van der Waals surface area contributed by atoms with Crippen molar-refractivity contribution >= 4 is 39.3 Å². The predicted octanol–water partition coefficient (Wildman–Crippen LogP) is -0.893. The van der Waals surface area contributed by atoms with Crippen LogP contribution in [0.5, 0.6) is 0 Å². The van der Waals surface area contributed by atoms with E-state index in [0.717, 1.165) is 9.37 Å². The van der Waals surface area contributed by atoms with Crippen molar-refractivity contribution in [2.45, 2.75) is 0 Å². The van der Waals surface area contributed by atoms with Crippen LogP contribution in [-0.2, 0) is 14.4 Å². The van der Waals surface area contributed by atoms with Crippen LogP contribution >= 0.6 is 15.9 Å². The maximum absolute atomic E-state index is 12.0. The molecule has 0 radical (unpaired) electrons. The van der Waals surface area contributed by atoms with Crippen molar-refractivity contribution in [3.63, 3.8) is 0 Å². The van der Waals surface area contributed by atoms with E-state index in [2.05, 4.69) is 26.6 Å². The summed E-state index contributed by atoms with van der Waals surface area (Å²) in [4.78, 5) is 37.2. The molecule has 1 aromatic rings. The molecule has 0 spiro atoms. The van der Waals surface area contributed by atoms with Gasteiger partial charge in [0.1, 0.15) is 0 Å². The summed E-state index contributed by atoms with van der Waals surface area (Å²) in [5.41, 5.74) is 0.686. The summed E-state index contributed by atoms with van der Waals surface area (Å²) < 4.78 is 0.797. The highest BCUT2D eigenvalue weighted by molar-refractivity contribution is 9.10. The number of nitrogens with one attached hydrogen (secondary N) is 3. The molecule has 0 aliphatic heterocycles. The van der Waals surface area contributed by atoms with Crippen molar-refractivity contribution in [3.8, 4) is 0 Å². The van der Waals surface area contributed by atoms with Gasteiger partial charge in [-0.05, 0) is 28.1 Å². The Morgan fingerprint density at radius 2 is 1.74 bits per heavy atom. The number of hydrogen-bond acceptors (Lipinski definition) is 3. The van der Waals surface area contributed by atoms with Crippen molar-refractivity contribution < 1.29 is 19.3 Å². The predicted molar refractivity (Wildman–Crippen MR) is 91.1 cm³/mol. The number of rotatable bonds is 7. The van der Waals surface area contributed by atoms with Crippen LogP contribution < -0.4 is 15.5 Å². The van der Waals surface area contributed by atoms with E-state index in [1.54, 1.807) is 27.2 Å². The van der Waals surface area contributed by atoms with Gasteiger partial charge in [0.15, 0.2) is 13.1 Å². The zero-order valence-electron chi connectivity index (χ0n) is 13.5. The zero-order valence-corrected chi connectivity index (χ0v) is 15.1. The van der Waals surface area contributed by atoms with E-state index in [9.17, 15) is 14.4 Å². The molecule has 0 aliphatic rings. The Morgan fingerprint density at radius 1 is 1.13 bits per heavy atom. The molecule has 0 bridgehead atoms. The van der Waals surface area contributed by atoms with Gasteiger partial charge in [-0.2, -0.15) is 0 Å². The van der Waals surface area contributed by atoms with Gasteiger partial charge in [0.05, 0.1) is 19.3 Å². The van der Waals surface area contributed by atoms with Gasteiger partial charge in [0.2, 0.25) is 5.91 Å². The lowest BCUT2D eigenvalue weighted by Gasteiger charge is -2.15. The number of likely N-dealkylation sites (N-methyl/N-ethyl adjacent to an activating group) is 2. The summed E-state index contributed by atoms with van der Waals surface area (Å²) in [5.74, 6) is -0.638. The number of amides is 3. The van der Waals surface area contributed by atoms with Crippen molar-refractivity contribution in [2.75, 3.05) is 46.1 Å². The number of anilines is 1. The third-order valence-corrected chi connectivity index (χ3v) is 3.70. The van der Waals surface area contributed by atoms with E-state index < -0.39 is 0 Å². The molecule has 1 rings (SSSR count). The Hall–Kier alpha value is -1.93. The standard InChI is InChI=1S/C15H21BrN4O3/c1-19(2)15(23)8-17-13(21)9-20(3)10-14(22)18-12-7-5-4-6-11(12)16/h4-7H,8-10H2,1-3H3,(H,17,21)(H,18,22)/p+1. The van der Waals surface area contributed by atoms with E-state index >= 15 is 0 Å². The highest BCUT2D eigenvalue weighted by Gasteiger charge is 2.15. The molecule has 0 heterocycles. The van der Waals surface area contributed by atoms with Gasteiger partial charge in [-0.1, -0.05) is 12.1 Å². The number of halogens is 1. The first-order valence-electron chi connectivity index (χ1n) is 7.12.